The molecule has 0 aliphatic heterocycles. The largest absolute Gasteiger partial charge is 0.441 e. The first-order valence-electron chi connectivity index (χ1n) is 5.67. The van der Waals surface area contributed by atoms with E-state index >= 15 is 0 Å². The van der Waals surface area contributed by atoms with E-state index in [0.717, 1.165) is 0 Å². The van der Waals surface area contributed by atoms with E-state index in [0.29, 0.717) is 28.2 Å². The molecule has 1 aromatic carbocycles. The van der Waals surface area contributed by atoms with E-state index < -0.39 is 0 Å². The van der Waals surface area contributed by atoms with E-state index in [1.807, 2.05) is 0 Å². The average Bonchev–Trinajstić information content (AvgIpc) is 2.79. The summed E-state index contributed by atoms with van der Waals surface area (Å²) in [6, 6.07) is 6.90. The molecule has 19 heavy (non-hydrogen) atoms. The van der Waals surface area contributed by atoms with E-state index in [1.54, 1.807) is 31.2 Å². The number of nitrogens with one attached hydrogen (secondary N) is 1. The predicted molar refractivity (Wildman–Crippen MR) is 68.7 cm³/mol. The summed E-state index contributed by atoms with van der Waals surface area (Å²) in [5, 5.41) is 10.1. The Morgan fingerprint density at radius 1 is 1.26 bits per heavy atom. The second-order valence-electron chi connectivity index (χ2n) is 4.00. The van der Waals surface area contributed by atoms with Crippen LogP contribution in [0.5, 0.6) is 0 Å². The molecule has 0 saturated carbocycles. The van der Waals surface area contributed by atoms with Crippen molar-refractivity contribution < 1.29 is 9.21 Å². The summed E-state index contributed by atoms with van der Waals surface area (Å²) in [5.74, 6) is 0.353. The van der Waals surface area contributed by atoms with Gasteiger partial charge in [0.25, 0.3) is 5.91 Å². The number of carbonyl (C=O) groups excluding carboxylic acids is 1. The lowest BCUT2D eigenvalue weighted by molar-refractivity contribution is 0.102. The molecule has 6 nitrogen and oxygen atoms in total. The number of hydrogen-bond acceptors (Lipinski definition) is 5. The second kappa shape index (κ2) is 4.49. The maximum absolute atomic E-state index is 11.9. The lowest BCUT2D eigenvalue weighted by Crippen LogP contribution is -2.12. The maximum atomic E-state index is 11.9. The molecule has 0 saturated heterocycles. The highest BCUT2D eigenvalue weighted by Gasteiger charge is 2.08. The van der Waals surface area contributed by atoms with Crippen LogP contribution < -0.4 is 5.32 Å². The fourth-order valence-electron chi connectivity index (χ4n) is 1.75. The van der Waals surface area contributed by atoms with Crippen LogP contribution in [0.3, 0.4) is 0 Å². The van der Waals surface area contributed by atoms with Gasteiger partial charge in [0.15, 0.2) is 11.5 Å². The number of anilines is 1. The van der Waals surface area contributed by atoms with Crippen molar-refractivity contribution in [1.82, 2.24) is 15.2 Å². The van der Waals surface area contributed by atoms with Crippen LogP contribution in [0.4, 0.5) is 5.69 Å². The number of nitrogens with zero attached hydrogens (tertiary/aromatic N) is 3. The summed E-state index contributed by atoms with van der Waals surface area (Å²) in [4.78, 5) is 16.1. The first kappa shape index (κ1) is 11.3. The zero-order chi connectivity index (χ0) is 13.2. The van der Waals surface area contributed by atoms with Gasteiger partial charge in [0.2, 0.25) is 0 Å². The Bertz CT molecular complexity index is 737. The molecule has 3 rings (SSSR count). The lowest BCUT2D eigenvalue weighted by atomic mass is 10.2. The molecular weight excluding hydrogens is 244 g/mol. The lowest BCUT2D eigenvalue weighted by Gasteiger charge is -2.03. The van der Waals surface area contributed by atoms with Crippen LogP contribution in [0.15, 0.2) is 41.1 Å². The molecule has 94 valence electrons. The first-order valence-corrected chi connectivity index (χ1v) is 5.67. The smallest absolute Gasteiger partial charge is 0.257 e. The third-order valence-electron chi connectivity index (χ3n) is 2.60. The van der Waals surface area contributed by atoms with Crippen LogP contribution in [0.25, 0.3) is 11.1 Å². The van der Waals surface area contributed by atoms with Crippen molar-refractivity contribution in [2.75, 3.05) is 5.32 Å². The van der Waals surface area contributed by atoms with Crippen molar-refractivity contribution in [3.8, 4) is 0 Å². The van der Waals surface area contributed by atoms with Gasteiger partial charge in [0.1, 0.15) is 5.52 Å². The topological polar surface area (TPSA) is 80.9 Å². The Labute approximate surface area is 108 Å². The van der Waals surface area contributed by atoms with Gasteiger partial charge in [0.05, 0.1) is 18.0 Å². The molecule has 0 radical (unpaired) electrons. The summed E-state index contributed by atoms with van der Waals surface area (Å²) < 4.78 is 5.37. The standard InChI is InChI=1S/C13H10N4O2/c1-8-16-11-6-10(2-3-12(11)19-8)17-13(18)9-4-5-14-15-7-9/h2-7H,1H3,(H,17,18). The summed E-state index contributed by atoms with van der Waals surface area (Å²) in [5.41, 5.74) is 2.51. The zero-order valence-electron chi connectivity index (χ0n) is 10.1. The Balaban J connectivity index is 1.87. The number of oxazole rings is 1. The number of aromatic nitrogens is 3. The van der Waals surface area contributed by atoms with Crippen molar-refractivity contribution in [2.45, 2.75) is 6.92 Å². The van der Waals surface area contributed by atoms with Gasteiger partial charge in [-0.25, -0.2) is 4.98 Å². The van der Waals surface area contributed by atoms with Crippen LogP contribution >= 0.6 is 0 Å². The molecular formula is C13H10N4O2. The van der Waals surface area contributed by atoms with E-state index in [1.165, 1.54) is 12.4 Å². The fourth-order valence-corrected chi connectivity index (χ4v) is 1.75. The predicted octanol–water partition coefficient (Wildman–Crippen LogP) is 2.18. The van der Waals surface area contributed by atoms with Gasteiger partial charge in [-0.15, -0.1) is 0 Å². The number of carbonyl (C=O) groups is 1. The van der Waals surface area contributed by atoms with Crippen LogP contribution in [-0.4, -0.2) is 21.1 Å². The molecule has 0 fully saturated rings. The quantitative estimate of drug-likeness (QED) is 0.758. The molecule has 2 aromatic heterocycles. The molecule has 0 bridgehead atoms. The molecule has 0 aliphatic carbocycles. The molecule has 0 spiro atoms. The molecule has 0 aliphatic rings. The van der Waals surface area contributed by atoms with Gasteiger partial charge >= 0.3 is 0 Å². The summed E-state index contributed by atoms with van der Waals surface area (Å²) in [7, 11) is 0. The van der Waals surface area contributed by atoms with Crippen LogP contribution in [0.1, 0.15) is 16.2 Å². The minimum atomic E-state index is -0.241. The maximum Gasteiger partial charge on any atom is 0.257 e. The molecule has 1 N–H and O–H groups in total. The van der Waals surface area contributed by atoms with E-state index in [-0.39, 0.29) is 5.91 Å². The Morgan fingerprint density at radius 2 is 2.16 bits per heavy atom. The highest BCUT2D eigenvalue weighted by atomic mass is 16.3. The summed E-state index contributed by atoms with van der Waals surface area (Å²) in [6.45, 7) is 1.78. The summed E-state index contributed by atoms with van der Waals surface area (Å²) in [6.07, 6.45) is 2.88. The third kappa shape index (κ3) is 2.28. The third-order valence-corrected chi connectivity index (χ3v) is 2.60. The Kier molecular flexibility index (Phi) is 2.68. The van der Waals surface area contributed by atoms with Gasteiger partial charge in [-0.2, -0.15) is 10.2 Å². The summed E-state index contributed by atoms with van der Waals surface area (Å²) >= 11 is 0. The molecule has 1 amide bonds. The van der Waals surface area contributed by atoms with E-state index in [2.05, 4.69) is 20.5 Å². The Hall–Kier alpha value is -2.76. The van der Waals surface area contributed by atoms with Crippen molar-refractivity contribution >= 4 is 22.7 Å². The number of hydrogen-bond donors (Lipinski definition) is 1. The second-order valence-corrected chi connectivity index (χ2v) is 4.00. The minimum Gasteiger partial charge on any atom is -0.441 e. The molecule has 3 aromatic rings. The number of fused-ring (bicyclic) bond motifs is 1. The molecule has 6 heteroatoms. The first-order chi connectivity index (χ1) is 9.22. The van der Waals surface area contributed by atoms with Gasteiger partial charge in [-0.1, -0.05) is 0 Å². The van der Waals surface area contributed by atoms with E-state index in [4.69, 9.17) is 4.42 Å². The van der Waals surface area contributed by atoms with Crippen LogP contribution in [0, 0.1) is 6.92 Å². The average molecular weight is 254 g/mol. The minimum absolute atomic E-state index is 0.241. The van der Waals surface area contributed by atoms with Crippen LogP contribution in [-0.2, 0) is 0 Å². The fraction of sp³-hybridized carbons (Fsp3) is 0.0769. The SMILES string of the molecule is Cc1nc2cc(NC(=O)c3ccnnc3)ccc2o1. The van der Waals surface area contributed by atoms with Gasteiger partial charge < -0.3 is 9.73 Å². The van der Waals surface area contributed by atoms with Gasteiger partial charge in [0, 0.05) is 12.6 Å². The Morgan fingerprint density at radius 3 is 2.95 bits per heavy atom. The van der Waals surface area contributed by atoms with Gasteiger partial charge in [-0.05, 0) is 24.3 Å². The molecule has 0 atom stereocenters. The normalized spacial score (nSPS) is 10.6. The number of benzene rings is 1. The number of amides is 1. The number of aryl methyl sites for hydroxylation is 1. The van der Waals surface area contributed by atoms with E-state index in [9.17, 15) is 4.79 Å². The molecule has 0 unspecified atom stereocenters. The zero-order valence-corrected chi connectivity index (χ0v) is 10.1. The van der Waals surface area contributed by atoms with Crippen LogP contribution in [0.2, 0.25) is 0 Å². The van der Waals surface area contributed by atoms with Crippen molar-refractivity contribution in [2.24, 2.45) is 0 Å². The molecule has 2 heterocycles. The van der Waals surface area contributed by atoms with Gasteiger partial charge in [-0.3, -0.25) is 4.79 Å². The highest BCUT2D eigenvalue weighted by Crippen LogP contribution is 2.20. The van der Waals surface area contributed by atoms with Crippen molar-refractivity contribution in [1.29, 1.82) is 0 Å². The number of rotatable bonds is 2. The van der Waals surface area contributed by atoms with Crippen molar-refractivity contribution in [3.05, 3.63) is 48.1 Å². The van der Waals surface area contributed by atoms with Crippen molar-refractivity contribution in [3.63, 3.8) is 0 Å². The monoisotopic (exact) mass is 254 g/mol. The highest BCUT2D eigenvalue weighted by molar-refractivity contribution is 6.04.